The average molecular weight is 429 g/mol. The largest absolute Gasteiger partial charge is 0.450 e. The highest BCUT2D eigenvalue weighted by atomic mass is 35.5. The highest BCUT2D eigenvalue weighted by molar-refractivity contribution is 7.99. The molecule has 0 radical (unpaired) electrons. The van der Waals surface area contributed by atoms with E-state index >= 15 is 0 Å². The van der Waals surface area contributed by atoms with Gasteiger partial charge in [-0.1, -0.05) is 58.7 Å². The molecule has 0 saturated carbocycles. The number of carbonyl (C=O) groups is 1. The maximum Gasteiger partial charge on any atom is 0.266 e. The van der Waals surface area contributed by atoms with Crippen LogP contribution in [0.15, 0.2) is 74.6 Å². The van der Waals surface area contributed by atoms with Crippen molar-refractivity contribution in [3.63, 3.8) is 0 Å². The van der Waals surface area contributed by atoms with Crippen molar-refractivity contribution in [2.45, 2.75) is 16.9 Å². The Morgan fingerprint density at radius 2 is 1.89 bits per heavy atom. The summed E-state index contributed by atoms with van der Waals surface area (Å²) in [6.07, 6.45) is 1.38. The van der Waals surface area contributed by atoms with E-state index in [4.69, 9.17) is 27.6 Å². The number of nitrogens with zero attached hydrogens (tertiary/aromatic N) is 1. The molecule has 140 valence electrons. The first-order chi connectivity index (χ1) is 13.5. The summed E-state index contributed by atoms with van der Waals surface area (Å²) in [6, 6.07) is 18.3. The number of hydrogen-bond donors (Lipinski definition) is 1. The Morgan fingerprint density at radius 3 is 2.61 bits per heavy atom. The van der Waals surface area contributed by atoms with Crippen LogP contribution >= 0.6 is 35.0 Å². The van der Waals surface area contributed by atoms with Gasteiger partial charge in [0.15, 0.2) is 5.09 Å². The zero-order valence-corrected chi connectivity index (χ0v) is 17.0. The molecule has 4 nitrogen and oxygen atoms in total. The molecule has 1 amide bonds. The Bertz CT molecular complexity index is 1080. The Hall–Kier alpha value is -2.65. The standard InChI is InChI=1S/C21H14Cl2N2O2S/c1-13-5-8-16(9-6-13)28-19-10-7-15(27-19)11-14(12-24)21(26)25-18-4-2-3-17(22)20(18)23/h2-11H,1H3,(H,25,26)/b14-11-. The third-order valence-corrected chi connectivity index (χ3v) is 5.44. The maximum absolute atomic E-state index is 12.4. The van der Waals surface area contributed by atoms with E-state index in [0.717, 1.165) is 4.90 Å². The summed E-state index contributed by atoms with van der Waals surface area (Å²) < 4.78 is 5.70. The van der Waals surface area contributed by atoms with Gasteiger partial charge in [-0.3, -0.25) is 4.79 Å². The summed E-state index contributed by atoms with van der Waals surface area (Å²) in [7, 11) is 0. The van der Waals surface area contributed by atoms with Crippen molar-refractivity contribution in [3.8, 4) is 6.07 Å². The smallest absolute Gasteiger partial charge is 0.266 e. The van der Waals surface area contributed by atoms with E-state index in [9.17, 15) is 10.1 Å². The van der Waals surface area contributed by atoms with E-state index < -0.39 is 5.91 Å². The van der Waals surface area contributed by atoms with Crippen molar-refractivity contribution in [2.75, 3.05) is 5.32 Å². The number of benzene rings is 2. The Labute approximate surface area is 176 Å². The average Bonchev–Trinajstić information content (AvgIpc) is 3.12. The van der Waals surface area contributed by atoms with E-state index in [1.165, 1.54) is 23.4 Å². The molecule has 1 aromatic heterocycles. The minimum atomic E-state index is -0.601. The summed E-state index contributed by atoms with van der Waals surface area (Å²) in [5.74, 6) is -0.200. The molecule has 2 aromatic carbocycles. The quantitative estimate of drug-likeness (QED) is 0.367. The molecule has 1 heterocycles. The van der Waals surface area contributed by atoms with Gasteiger partial charge in [-0.05, 0) is 43.3 Å². The number of amides is 1. The third-order valence-electron chi connectivity index (χ3n) is 3.69. The van der Waals surface area contributed by atoms with E-state index in [0.29, 0.717) is 21.6 Å². The molecule has 1 N–H and O–H groups in total. The lowest BCUT2D eigenvalue weighted by atomic mass is 10.2. The maximum atomic E-state index is 12.4. The number of aryl methyl sites for hydroxylation is 1. The van der Waals surface area contributed by atoms with Gasteiger partial charge in [0, 0.05) is 11.0 Å². The van der Waals surface area contributed by atoms with Crippen LogP contribution in [-0.4, -0.2) is 5.91 Å². The van der Waals surface area contributed by atoms with Crippen LogP contribution in [0.4, 0.5) is 5.69 Å². The van der Waals surface area contributed by atoms with Gasteiger partial charge < -0.3 is 9.73 Å². The normalized spacial score (nSPS) is 11.1. The van der Waals surface area contributed by atoms with Crippen LogP contribution < -0.4 is 5.32 Å². The zero-order valence-electron chi connectivity index (χ0n) is 14.7. The van der Waals surface area contributed by atoms with Crippen LogP contribution in [0.5, 0.6) is 0 Å². The predicted octanol–water partition coefficient (Wildman–Crippen LogP) is 6.59. The fraction of sp³-hybridized carbons (Fsp3) is 0.0476. The minimum absolute atomic E-state index is 0.114. The van der Waals surface area contributed by atoms with Crippen LogP contribution in [0.2, 0.25) is 10.0 Å². The molecule has 28 heavy (non-hydrogen) atoms. The summed E-state index contributed by atoms with van der Waals surface area (Å²) in [4.78, 5) is 13.4. The zero-order chi connectivity index (χ0) is 20.1. The van der Waals surface area contributed by atoms with Gasteiger partial charge in [0.25, 0.3) is 5.91 Å². The van der Waals surface area contributed by atoms with Gasteiger partial charge >= 0.3 is 0 Å². The summed E-state index contributed by atoms with van der Waals surface area (Å²) in [5, 5.41) is 13.1. The molecule has 0 bridgehead atoms. The van der Waals surface area contributed by atoms with Crippen LogP contribution in [0.25, 0.3) is 6.08 Å². The molecule has 0 aliphatic heterocycles. The molecule has 0 unspecified atom stereocenters. The Kier molecular flexibility index (Phi) is 6.48. The van der Waals surface area contributed by atoms with Crippen LogP contribution in [0.3, 0.4) is 0 Å². The summed E-state index contributed by atoms with van der Waals surface area (Å²) >= 11 is 13.5. The second-order valence-electron chi connectivity index (χ2n) is 5.80. The first-order valence-electron chi connectivity index (χ1n) is 8.18. The molecule has 0 atom stereocenters. The predicted molar refractivity (Wildman–Crippen MR) is 113 cm³/mol. The fourth-order valence-corrected chi connectivity index (χ4v) is 3.40. The van der Waals surface area contributed by atoms with E-state index in [-0.39, 0.29) is 10.6 Å². The number of nitriles is 1. The van der Waals surface area contributed by atoms with Crippen molar-refractivity contribution >= 4 is 52.6 Å². The van der Waals surface area contributed by atoms with Gasteiger partial charge in [0.2, 0.25) is 0 Å². The highest BCUT2D eigenvalue weighted by Crippen LogP contribution is 2.31. The third kappa shape index (κ3) is 4.99. The van der Waals surface area contributed by atoms with Gasteiger partial charge in [0.1, 0.15) is 17.4 Å². The highest BCUT2D eigenvalue weighted by Gasteiger charge is 2.14. The van der Waals surface area contributed by atoms with Gasteiger partial charge in [-0.2, -0.15) is 5.26 Å². The first kappa shape index (κ1) is 20.1. The van der Waals surface area contributed by atoms with Gasteiger partial charge in [-0.25, -0.2) is 0 Å². The van der Waals surface area contributed by atoms with Gasteiger partial charge in [0.05, 0.1) is 15.7 Å². The second kappa shape index (κ2) is 9.03. The number of carbonyl (C=O) groups excluding carboxylic acids is 1. The van der Waals surface area contributed by atoms with Crippen molar-refractivity contribution in [2.24, 2.45) is 0 Å². The SMILES string of the molecule is Cc1ccc(Sc2ccc(/C=C(/C#N)C(=O)Nc3cccc(Cl)c3Cl)o2)cc1. The molecule has 3 rings (SSSR count). The van der Waals surface area contributed by atoms with E-state index in [1.54, 1.807) is 30.3 Å². The number of furan rings is 1. The molecule has 0 aliphatic rings. The summed E-state index contributed by atoms with van der Waals surface area (Å²) in [5.41, 5.74) is 1.39. The molecule has 7 heteroatoms. The van der Waals surface area contributed by atoms with E-state index in [2.05, 4.69) is 5.32 Å². The van der Waals surface area contributed by atoms with Crippen LogP contribution in [0.1, 0.15) is 11.3 Å². The lowest BCUT2D eigenvalue weighted by Gasteiger charge is -2.07. The monoisotopic (exact) mass is 428 g/mol. The first-order valence-corrected chi connectivity index (χ1v) is 9.75. The topological polar surface area (TPSA) is 66.0 Å². The molecular weight excluding hydrogens is 415 g/mol. The molecule has 0 spiro atoms. The number of rotatable bonds is 5. The number of anilines is 1. The van der Waals surface area contributed by atoms with Crippen molar-refractivity contribution in [1.29, 1.82) is 5.26 Å². The van der Waals surface area contributed by atoms with Crippen molar-refractivity contribution in [3.05, 3.63) is 81.5 Å². The van der Waals surface area contributed by atoms with Gasteiger partial charge in [-0.15, -0.1) is 0 Å². The molecular formula is C21H14Cl2N2O2S. The lowest BCUT2D eigenvalue weighted by molar-refractivity contribution is -0.112. The van der Waals surface area contributed by atoms with Crippen LogP contribution in [-0.2, 0) is 4.79 Å². The molecule has 0 fully saturated rings. The van der Waals surface area contributed by atoms with Crippen molar-refractivity contribution < 1.29 is 9.21 Å². The Morgan fingerprint density at radius 1 is 1.14 bits per heavy atom. The number of nitrogens with one attached hydrogen (secondary N) is 1. The fourth-order valence-electron chi connectivity index (χ4n) is 2.27. The number of halogens is 2. The lowest BCUT2D eigenvalue weighted by Crippen LogP contribution is -2.13. The molecule has 0 aliphatic carbocycles. The van der Waals surface area contributed by atoms with E-state index in [1.807, 2.05) is 37.3 Å². The van der Waals surface area contributed by atoms with Crippen molar-refractivity contribution in [1.82, 2.24) is 0 Å². The summed E-state index contributed by atoms with van der Waals surface area (Å²) in [6.45, 7) is 2.02. The second-order valence-corrected chi connectivity index (χ2v) is 7.66. The molecule has 0 saturated heterocycles. The van der Waals surface area contributed by atoms with Crippen LogP contribution in [0, 0.1) is 18.3 Å². The molecule has 3 aromatic rings. The number of hydrogen-bond acceptors (Lipinski definition) is 4. The minimum Gasteiger partial charge on any atom is -0.450 e. The Balaban J connectivity index is 1.74.